The summed E-state index contributed by atoms with van der Waals surface area (Å²) in [5.74, 6) is -0.266. The van der Waals surface area contributed by atoms with Crippen LogP contribution >= 0.6 is 0 Å². The van der Waals surface area contributed by atoms with Crippen molar-refractivity contribution in [2.24, 2.45) is 0 Å². The van der Waals surface area contributed by atoms with E-state index in [1.54, 1.807) is 0 Å². The molecule has 1 rings (SSSR count). The fourth-order valence-corrected chi connectivity index (χ4v) is 1.21. The first-order chi connectivity index (χ1) is 5.83. The molecule has 3 heteroatoms. The van der Waals surface area contributed by atoms with Crippen molar-refractivity contribution in [2.75, 3.05) is 13.7 Å². The normalized spacial score (nSPS) is 22.2. The van der Waals surface area contributed by atoms with Gasteiger partial charge in [0, 0.05) is 13.5 Å². The maximum Gasteiger partial charge on any atom is 0.332 e. The third kappa shape index (κ3) is 3.05. The molecular weight excluding hydrogens is 156 g/mol. The van der Waals surface area contributed by atoms with Gasteiger partial charge in [-0.2, -0.15) is 0 Å². The highest BCUT2D eigenvalue weighted by Crippen LogP contribution is 2.14. The first-order valence-corrected chi connectivity index (χ1v) is 4.16. The molecule has 0 fully saturated rings. The summed E-state index contributed by atoms with van der Waals surface area (Å²) in [5.41, 5.74) is 0. The van der Waals surface area contributed by atoms with Gasteiger partial charge < -0.3 is 9.47 Å². The molecule has 0 N–H and O–H groups in total. The lowest BCUT2D eigenvalue weighted by Gasteiger charge is -2.17. The number of carbonyl (C=O) groups is 1. The molecule has 0 heterocycles. The molecule has 3 nitrogen and oxygen atoms in total. The quantitative estimate of drug-likeness (QED) is 0.473. The summed E-state index contributed by atoms with van der Waals surface area (Å²) in [4.78, 5) is 10.9. The van der Waals surface area contributed by atoms with Gasteiger partial charge in [-0.3, -0.25) is 0 Å². The minimum Gasteiger partial charge on any atom is -0.460 e. The van der Waals surface area contributed by atoms with Crippen LogP contribution in [0.2, 0.25) is 0 Å². The van der Waals surface area contributed by atoms with Crippen LogP contribution in [0.5, 0.6) is 0 Å². The Kier molecular flexibility index (Phi) is 3.80. The Morgan fingerprint density at radius 3 is 3.00 bits per heavy atom. The van der Waals surface area contributed by atoms with Crippen LogP contribution in [0.3, 0.4) is 0 Å². The lowest BCUT2D eigenvalue weighted by Crippen LogP contribution is -2.21. The van der Waals surface area contributed by atoms with Crippen LogP contribution in [-0.2, 0) is 14.3 Å². The van der Waals surface area contributed by atoms with Crippen molar-refractivity contribution >= 4 is 5.97 Å². The number of hydrogen-bond acceptors (Lipinski definition) is 3. The summed E-state index contributed by atoms with van der Waals surface area (Å²) in [6.07, 6.45) is 7.01. The average Bonchev–Trinajstić information content (AvgIpc) is 2.06. The summed E-state index contributed by atoms with van der Waals surface area (Å²) in [6, 6.07) is 0. The molecule has 0 aromatic carbocycles. The summed E-state index contributed by atoms with van der Waals surface area (Å²) in [5, 5.41) is 0. The van der Waals surface area contributed by atoms with Crippen LogP contribution < -0.4 is 0 Å². The summed E-state index contributed by atoms with van der Waals surface area (Å²) >= 11 is 0. The first kappa shape index (κ1) is 9.26. The van der Waals surface area contributed by atoms with Gasteiger partial charge in [0.15, 0.2) is 0 Å². The molecule has 12 heavy (non-hydrogen) atoms. The minimum absolute atomic E-state index is 0.0558. The van der Waals surface area contributed by atoms with Gasteiger partial charge in [-0.1, -0.05) is 12.2 Å². The van der Waals surface area contributed by atoms with Crippen molar-refractivity contribution < 1.29 is 14.3 Å². The molecule has 1 aliphatic carbocycles. The van der Waals surface area contributed by atoms with E-state index in [1.165, 1.54) is 7.11 Å². The second-order valence-electron chi connectivity index (χ2n) is 2.83. The van der Waals surface area contributed by atoms with E-state index in [-0.39, 0.29) is 18.7 Å². The molecule has 0 saturated carbocycles. The second-order valence-corrected chi connectivity index (χ2v) is 2.83. The van der Waals surface area contributed by atoms with Crippen molar-refractivity contribution in [3.05, 3.63) is 12.2 Å². The van der Waals surface area contributed by atoms with E-state index in [0.29, 0.717) is 0 Å². The molecule has 0 aromatic rings. The molecular formula is C9H14O3. The van der Waals surface area contributed by atoms with Crippen molar-refractivity contribution in [3.8, 4) is 0 Å². The average molecular weight is 170 g/mol. The van der Waals surface area contributed by atoms with Gasteiger partial charge in [-0.15, -0.1) is 0 Å². The number of hydrogen-bond donors (Lipinski definition) is 0. The number of esters is 1. The highest BCUT2D eigenvalue weighted by Gasteiger charge is 2.14. The Bertz CT molecular complexity index is 175. The topological polar surface area (TPSA) is 35.5 Å². The summed E-state index contributed by atoms with van der Waals surface area (Å²) < 4.78 is 9.77. The van der Waals surface area contributed by atoms with Gasteiger partial charge >= 0.3 is 5.97 Å². The van der Waals surface area contributed by atoms with Crippen LogP contribution in [0.25, 0.3) is 0 Å². The molecule has 0 spiro atoms. The molecule has 0 amide bonds. The predicted molar refractivity (Wildman–Crippen MR) is 44.7 cm³/mol. The molecule has 0 aliphatic heterocycles. The smallest absolute Gasteiger partial charge is 0.332 e. The largest absolute Gasteiger partial charge is 0.460 e. The molecule has 1 unspecified atom stereocenters. The Hall–Kier alpha value is -0.830. The van der Waals surface area contributed by atoms with Crippen LogP contribution in [-0.4, -0.2) is 25.8 Å². The number of rotatable bonds is 3. The fraction of sp³-hybridized carbons (Fsp3) is 0.667. The van der Waals surface area contributed by atoms with E-state index in [2.05, 4.69) is 10.8 Å². The fourth-order valence-electron chi connectivity index (χ4n) is 1.21. The summed E-state index contributed by atoms with van der Waals surface area (Å²) in [7, 11) is 1.49. The van der Waals surface area contributed by atoms with Crippen LogP contribution in [0.1, 0.15) is 19.3 Å². The molecule has 68 valence electrons. The second kappa shape index (κ2) is 4.93. The molecule has 0 radical (unpaired) electrons. The molecule has 0 saturated heterocycles. The zero-order valence-electron chi connectivity index (χ0n) is 7.29. The van der Waals surface area contributed by atoms with E-state index in [4.69, 9.17) is 4.74 Å². The van der Waals surface area contributed by atoms with Crippen LogP contribution in [0, 0.1) is 0 Å². The lowest BCUT2D eigenvalue weighted by atomic mass is 10.1. The Morgan fingerprint density at radius 2 is 2.42 bits per heavy atom. The number of ether oxygens (including phenoxy) is 2. The standard InChI is InChI=1S/C9H14O3/c1-11-7-9(10)12-8-5-3-2-4-6-8/h2-3,8H,4-7H2,1H3. The van der Waals surface area contributed by atoms with E-state index in [0.717, 1.165) is 19.3 Å². The monoisotopic (exact) mass is 170 g/mol. The Labute approximate surface area is 72.4 Å². The third-order valence-electron chi connectivity index (χ3n) is 1.78. The number of methoxy groups -OCH3 is 1. The van der Waals surface area contributed by atoms with Crippen molar-refractivity contribution in [1.82, 2.24) is 0 Å². The molecule has 1 atom stereocenters. The molecule has 0 aromatic heterocycles. The third-order valence-corrected chi connectivity index (χ3v) is 1.78. The van der Waals surface area contributed by atoms with E-state index >= 15 is 0 Å². The van der Waals surface area contributed by atoms with Gasteiger partial charge in [-0.05, 0) is 12.8 Å². The van der Waals surface area contributed by atoms with Gasteiger partial charge in [-0.25, -0.2) is 4.79 Å². The first-order valence-electron chi connectivity index (χ1n) is 4.16. The lowest BCUT2D eigenvalue weighted by molar-refractivity contribution is -0.153. The Morgan fingerprint density at radius 1 is 1.58 bits per heavy atom. The van der Waals surface area contributed by atoms with Crippen LogP contribution in [0.4, 0.5) is 0 Å². The maximum absolute atomic E-state index is 10.9. The van der Waals surface area contributed by atoms with E-state index < -0.39 is 0 Å². The maximum atomic E-state index is 10.9. The van der Waals surface area contributed by atoms with E-state index in [9.17, 15) is 4.79 Å². The SMILES string of the molecule is COCC(=O)OC1CC=CCC1. The van der Waals surface area contributed by atoms with Crippen molar-refractivity contribution in [3.63, 3.8) is 0 Å². The number of carbonyl (C=O) groups excluding carboxylic acids is 1. The van der Waals surface area contributed by atoms with Gasteiger partial charge in [0.25, 0.3) is 0 Å². The highest BCUT2D eigenvalue weighted by molar-refractivity contribution is 5.70. The van der Waals surface area contributed by atoms with Gasteiger partial charge in [0.1, 0.15) is 12.7 Å². The van der Waals surface area contributed by atoms with Crippen molar-refractivity contribution in [1.29, 1.82) is 0 Å². The zero-order valence-corrected chi connectivity index (χ0v) is 7.29. The van der Waals surface area contributed by atoms with E-state index in [1.807, 2.05) is 6.08 Å². The molecule has 0 bridgehead atoms. The predicted octanol–water partition coefficient (Wildman–Crippen LogP) is 1.28. The Balaban J connectivity index is 2.21. The number of allylic oxidation sites excluding steroid dienone is 1. The van der Waals surface area contributed by atoms with Crippen LogP contribution in [0.15, 0.2) is 12.2 Å². The summed E-state index contributed by atoms with van der Waals surface area (Å²) in [6.45, 7) is 0.0558. The highest BCUT2D eigenvalue weighted by atomic mass is 16.6. The van der Waals surface area contributed by atoms with Gasteiger partial charge in [0.2, 0.25) is 0 Å². The zero-order chi connectivity index (χ0) is 8.81. The van der Waals surface area contributed by atoms with Crippen molar-refractivity contribution in [2.45, 2.75) is 25.4 Å². The minimum atomic E-state index is -0.266. The molecule has 1 aliphatic rings. The van der Waals surface area contributed by atoms with Gasteiger partial charge in [0.05, 0.1) is 0 Å².